The number of aryl methyl sites for hydroxylation is 1. The first-order chi connectivity index (χ1) is 30.1. The van der Waals surface area contributed by atoms with Gasteiger partial charge in [-0.3, -0.25) is 0 Å². The Morgan fingerprint density at radius 2 is 1.03 bits per heavy atom. The molecule has 10 aromatic rings. The SMILES string of the molecule is C=C(C)c1cc(-c2ccc3c(c2)c2cc(-c4ccc5c(c4)c(C)c(C)n5-c4ccccc4)ccc2n3-c2ccc3c(c2)C(C)(C)c2ccccc2-3)ccc1N(C)c1ccccc1. The molecule has 1 aliphatic carbocycles. The molecule has 0 spiro atoms. The van der Waals surface area contributed by atoms with E-state index in [1.165, 1.54) is 99.8 Å². The molecule has 3 heteroatoms. The minimum atomic E-state index is -0.0998. The van der Waals surface area contributed by atoms with Crippen molar-refractivity contribution in [2.24, 2.45) is 0 Å². The van der Waals surface area contributed by atoms with Gasteiger partial charge >= 0.3 is 0 Å². The average Bonchev–Trinajstić information content (AvgIpc) is 3.86. The number of hydrogen-bond acceptors (Lipinski definition) is 1. The van der Waals surface area contributed by atoms with E-state index in [4.69, 9.17) is 0 Å². The summed E-state index contributed by atoms with van der Waals surface area (Å²) in [6, 6.07) is 65.1. The van der Waals surface area contributed by atoms with Crippen LogP contribution in [0, 0.1) is 13.8 Å². The number of fused-ring (bicyclic) bond motifs is 7. The summed E-state index contributed by atoms with van der Waals surface area (Å²) in [4.78, 5) is 2.25. The van der Waals surface area contributed by atoms with Crippen LogP contribution >= 0.6 is 0 Å². The Morgan fingerprint density at radius 3 is 1.68 bits per heavy atom. The van der Waals surface area contributed by atoms with E-state index in [9.17, 15) is 0 Å². The highest BCUT2D eigenvalue weighted by Crippen LogP contribution is 2.50. The van der Waals surface area contributed by atoms with E-state index in [-0.39, 0.29) is 5.41 Å². The molecule has 0 N–H and O–H groups in total. The maximum atomic E-state index is 4.43. The lowest BCUT2D eigenvalue weighted by molar-refractivity contribution is 0.660. The maximum Gasteiger partial charge on any atom is 0.0541 e. The van der Waals surface area contributed by atoms with Crippen LogP contribution in [0.15, 0.2) is 183 Å². The minimum Gasteiger partial charge on any atom is -0.344 e. The summed E-state index contributed by atoms with van der Waals surface area (Å²) in [7, 11) is 2.13. The van der Waals surface area contributed by atoms with Crippen LogP contribution in [0.2, 0.25) is 0 Å². The lowest BCUT2D eigenvalue weighted by atomic mass is 9.82. The Bertz CT molecular complexity index is 3430. The van der Waals surface area contributed by atoms with Crippen LogP contribution in [-0.2, 0) is 5.41 Å². The number of benzene rings is 8. The monoisotopic (exact) mass is 799 g/mol. The number of anilines is 2. The third-order valence-electron chi connectivity index (χ3n) is 13.8. The van der Waals surface area contributed by atoms with Crippen LogP contribution in [-0.4, -0.2) is 16.2 Å². The van der Waals surface area contributed by atoms with Gasteiger partial charge in [0.25, 0.3) is 0 Å². The minimum absolute atomic E-state index is 0.0998. The molecular formula is C59H49N3. The summed E-state index contributed by atoms with van der Waals surface area (Å²) < 4.78 is 4.86. The van der Waals surface area contributed by atoms with Gasteiger partial charge in [0.2, 0.25) is 0 Å². The Kier molecular flexibility index (Phi) is 8.56. The zero-order valence-electron chi connectivity index (χ0n) is 36.3. The molecule has 2 aromatic heterocycles. The van der Waals surface area contributed by atoms with Crippen molar-refractivity contribution in [1.29, 1.82) is 0 Å². The van der Waals surface area contributed by atoms with Crippen molar-refractivity contribution in [2.75, 3.05) is 11.9 Å². The lowest BCUT2D eigenvalue weighted by Crippen LogP contribution is -2.15. The summed E-state index contributed by atoms with van der Waals surface area (Å²) in [5.41, 5.74) is 23.1. The highest BCUT2D eigenvalue weighted by molar-refractivity contribution is 6.12. The molecule has 8 aromatic carbocycles. The second-order valence-corrected chi connectivity index (χ2v) is 17.7. The Labute approximate surface area is 364 Å². The van der Waals surface area contributed by atoms with Crippen molar-refractivity contribution in [3.8, 4) is 44.8 Å². The number of rotatable bonds is 7. The molecule has 300 valence electrons. The molecule has 0 aliphatic heterocycles. The molecule has 11 rings (SSSR count). The summed E-state index contributed by atoms with van der Waals surface area (Å²) in [5.74, 6) is 0. The van der Waals surface area contributed by atoms with E-state index < -0.39 is 0 Å². The maximum absolute atomic E-state index is 4.43. The number of hydrogen-bond donors (Lipinski definition) is 0. The second kappa shape index (κ2) is 14.1. The first-order valence-corrected chi connectivity index (χ1v) is 21.7. The highest BCUT2D eigenvalue weighted by atomic mass is 15.1. The number of para-hydroxylation sites is 2. The molecule has 0 bridgehead atoms. The number of aromatic nitrogens is 2. The van der Waals surface area contributed by atoms with E-state index in [0.717, 1.165) is 22.5 Å². The van der Waals surface area contributed by atoms with Crippen LogP contribution in [0.1, 0.15) is 48.7 Å². The molecule has 3 nitrogen and oxygen atoms in total. The molecule has 0 atom stereocenters. The lowest BCUT2D eigenvalue weighted by Gasteiger charge is -2.23. The van der Waals surface area contributed by atoms with Gasteiger partial charge in [-0.15, -0.1) is 0 Å². The smallest absolute Gasteiger partial charge is 0.0541 e. The van der Waals surface area contributed by atoms with Gasteiger partial charge in [-0.2, -0.15) is 0 Å². The van der Waals surface area contributed by atoms with Crippen LogP contribution in [0.3, 0.4) is 0 Å². The predicted octanol–water partition coefficient (Wildman–Crippen LogP) is 15.8. The van der Waals surface area contributed by atoms with E-state index in [2.05, 4.69) is 238 Å². The van der Waals surface area contributed by atoms with Crippen LogP contribution in [0.5, 0.6) is 0 Å². The van der Waals surface area contributed by atoms with Gasteiger partial charge in [-0.05, 0) is 161 Å². The number of allylic oxidation sites excluding steroid dienone is 1. The summed E-state index contributed by atoms with van der Waals surface area (Å²) in [6.07, 6.45) is 0. The third-order valence-corrected chi connectivity index (χ3v) is 13.8. The Balaban J connectivity index is 1.09. The molecule has 0 saturated carbocycles. The van der Waals surface area contributed by atoms with Gasteiger partial charge in [-0.25, -0.2) is 0 Å². The summed E-state index contributed by atoms with van der Waals surface area (Å²) in [5, 5.41) is 3.75. The topological polar surface area (TPSA) is 13.1 Å². The van der Waals surface area contributed by atoms with E-state index >= 15 is 0 Å². The van der Waals surface area contributed by atoms with E-state index in [1.807, 2.05) is 0 Å². The summed E-state index contributed by atoms with van der Waals surface area (Å²) in [6.45, 7) is 15.7. The zero-order valence-corrected chi connectivity index (χ0v) is 36.3. The molecule has 0 saturated heterocycles. The standard InChI is InChI=1S/C59H49N3/c1-37(2)49-32-40(22-28-55(49)60(7)44-16-10-8-11-17-44)42-24-30-57-51(34-42)52-35-43(41-23-29-56-50(33-41)38(3)39(4)61(56)45-18-12-9-13-19-45)25-31-58(52)62(57)46-26-27-48-47-20-14-15-21-53(47)59(5,6)54(48)36-46/h8-36H,1H2,2-7H3. The van der Waals surface area contributed by atoms with Crippen molar-refractivity contribution in [2.45, 2.75) is 40.0 Å². The first-order valence-electron chi connectivity index (χ1n) is 21.7. The largest absolute Gasteiger partial charge is 0.344 e. The van der Waals surface area contributed by atoms with Crippen molar-refractivity contribution >= 4 is 49.7 Å². The molecule has 0 fully saturated rings. The second-order valence-electron chi connectivity index (χ2n) is 17.7. The van der Waals surface area contributed by atoms with Crippen molar-refractivity contribution in [1.82, 2.24) is 9.13 Å². The Hall–Kier alpha value is -7.36. The number of nitrogens with zero attached hydrogens (tertiary/aromatic N) is 3. The van der Waals surface area contributed by atoms with Crippen LogP contribution in [0.4, 0.5) is 11.4 Å². The van der Waals surface area contributed by atoms with Crippen molar-refractivity contribution in [3.63, 3.8) is 0 Å². The zero-order chi connectivity index (χ0) is 42.4. The van der Waals surface area contributed by atoms with Crippen LogP contribution < -0.4 is 4.90 Å². The van der Waals surface area contributed by atoms with E-state index in [1.54, 1.807) is 0 Å². The normalized spacial score (nSPS) is 12.9. The first kappa shape index (κ1) is 37.6. The highest BCUT2D eigenvalue weighted by Gasteiger charge is 2.35. The molecule has 0 unspecified atom stereocenters. The molecule has 0 amide bonds. The van der Waals surface area contributed by atoms with Gasteiger partial charge in [0.05, 0.1) is 16.6 Å². The molecule has 0 radical (unpaired) electrons. The van der Waals surface area contributed by atoms with Gasteiger partial charge < -0.3 is 14.0 Å². The Morgan fingerprint density at radius 1 is 0.500 bits per heavy atom. The fourth-order valence-corrected chi connectivity index (χ4v) is 10.3. The fourth-order valence-electron chi connectivity index (χ4n) is 10.3. The van der Waals surface area contributed by atoms with Gasteiger partial charge in [0.15, 0.2) is 0 Å². The van der Waals surface area contributed by atoms with Crippen molar-refractivity contribution in [3.05, 3.63) is 210 Å². The molecule has 1 aliphatic rings. The average molecular weight is 800 g/mol. The van der Waals surface area contributed by atoms with Crippen LogP contribution in [0.25, 0.3) is 83.0 Å². The fraction of sp³-hybridized carbons (Fsp3) is 0.119. The molecule has 62 heavy (non-hydrogen) atoms. The predicted molar refractivity (Wildman–Crippen MR) is 265 cm³/mol. The quantitative estimate of drug-likeness (QED) is 0.156. The van der Waals surface area contributed by atoms with Gasteiger partial charge in [0, 0.05) is 62.6 Å². The molecular weight excluding hydrogens is 751 g/mol. The van der Waals surface area contributed by atoms with Gasteiger partial charge in [0.1, 0.15) is 0 Å². The van der Waals surface area contributed by atoms with Gasteiger partial charge in [-0.1, -0.05) is 111 Å². The molecule has 2 heterocycles. The summed E-state index contributed by atoms with van der Waals surface area (Å²) >= 11 is 0. The van der Waals surface area contributed by atoms with E-state index in [0.29, 0.717) is 0 Å². The van der Waals surface area contributed by atoms with Crippen molar-refractivity contribution < 1.29 is 0 Å². The third kappa shape index (κ3) is 5.72.